The molecule has 8 nitrogen and oxygen atoms in total. The quantitative estimate of drug-likeness (QED) is 0.447. The fraction of sp³-hybridized carbons (Fsp3) is 0.556. The van der Waals surface area contributed by atoms with Crippen LogP contribution < -0.4 is 11.5 Å². The van der Waals surface area contributed by atoms with Crippen molar-refractivity contribution in [3.8, 4) is 0 Å². The standard InChI is InChI=1S/C9H13N3O5/c10-5(13)3-12(4-6(11)14)7(15)9(1-2-9)8(16)17/h1-4H2,(H2,10,13)(H2,11,14)(H,16,17). The molecular formula is C9H13N3O5. The van der Waals surface area contributed by atoms with Crippen molar-refractivity contribution in [1.82, 2.24) is 4.90 Å². The Morgan fingerprint density at radius 2 is 1.47 bits per heavy atom. The van der Waals surface area contributed by atoms with Crippen LogP contribution in [-0.4, -0.2) is 46.8 Å². The number of carboxylic acid groups (broad SMARTS) is 1. The van der Waals surface area contributed by atoms with Gasteiger partial charge in [0.25, 0.3) is 0 Å². The molecule has 0 radical (unpaired) electrons. The Bertz CT molecular complexity index is 372. The second kappa shape index (κ2) is 4.40. The van der Waals surface area contributed by atoms with Crippen LogP contribution in [0.1, 0.15) is 12.8 Å². The van der Waals surface area contributed by atoms with Crippen molar-refractivity contribution >= 4 is 23.7 Å². The number of primary amides is 2. The monoisotopic (exact) mass is 243 g/mol. The zero-order chi connectivity index (χ0) is 13.2. The summed E-state index contributed by atoms with van der Waals surface area (Å²) in [5, 5.41) is 8.91. The van der Waals surface area contributed by atoms with Crippen molar-refractivity contribution in [2.45, 2.75) is 12.8 Å². The van der Waals surface area contributed by atoms with Gasteiger partial charge in [-0.3, -0.25) is 19.2 Å². The zero-order valence-electron chi connectivity index (χ0n) is 9.01. The Labute approximate surface area is 96.5 Å². The molecule has 1 aliphatic rings. The predicted molar refractivity (Wildman–Crippen MR) is 54.3 cm³/mol. The smallest absolute Gasteiger partial charge is 0.319 e. The first-order valence-corrected chi connectivity index (χ1v) is 4.89. The number of carbonyl (C=O) groups is 4. The number of rotatable bonds is 6. The normalized spacial score (nSPS) is 16.0. The van der Waals surface area contributed by atoms with E-state index in [1.807, 2.05) is 0 Å². The summed E-state index contributed by atoms with van der Waals surface area (Å²) in [6, 6.07) is 0. The summed E-state index contributed by atoms with van der Waals surface area (Å²) in [7, 11) is 0. The number of carboxylic acids is 1. The van der Waals surface area contributed by atoms with Crippen LogP contribution in [0.4, 0.5) is 0 Å². The predicted octanol–water partition coefficient (Wildman–Crippen LogP) is -2.35. The first kappa shape index (κ1) is 12.9. The molecule has 1 fully saturated rings. The highest BCUT2D eigenvalue weighted by Gasteiger charge is 2.58. The fourth-order valence-corrected chi connectivity index (χ4v) is 1.52. The first-order valence-electron chi connectivity index (χ1n) is 4.89. The van der Waals surface area contributed by atoms with E-state index in [0.29, 0.717) is 0 Å². The molecular weight excluding hydrogens is 230 g/mol. The van der Waals surface area contributed by atoms with Crippen LogP contribution in [0.5, 0.6) is 0 Å². The van der Waals surface area contributed by atoms with E-state index < -0.39 is 42.2 Å². The van der Waals surface area contributed by atoms with E-state index in [4.69, 9.17) is 16.6 Å². The molecule has 0 aliphatic heterocycles. The largest absolute Gasteiger partial charge is 0.480 e. The van der Waals surface area contributed by atoms with E-state index in [1.165, 1.54) is 0 Å². The summed E-state index contributed by atoms with van der Waals surface area (Å²) >= 11 is 0. The van der Waals surface area contributed by atoms with Crippen LogP contribution in [0, 0.1) is 5.41 Å². The molecule has 1 rings (SSSR count). The van der Waals surface area contributed by atoms with Crippen LogP contribution in [0.3, 0.4) is 0 Å². The highest BCUT2D eigenvalue weighted by Crippen LogP contribution is 2.47. The minimum absolute atomic E-state index is 0.190. The van der Waals surface area contributed by atoms with Gasteiger partial charge in [0.2, 0.25) is 17.7 Å². The average molecular weight is 243 g/mol. The third-order valence-electron chi connectivity index (χ3n) is 2.55. The number of amides is 3. The zero-order valence-corrected chi connectivity index (χ0v) is 9.01. The van der Waals surface area contributed by atoms with E-state index >= 15 is 0 Å². The molecule has 1 aliphatic carbocycles. The lowest BCUT2D eigenvalue weighted by molar-refractivity contribution is -0.155. The van der Waals surface area contributed by atoms with Gasteiger partial charge in [0.05, 0.1) is 13.1 Å². The molecule has 0 unspecified atom stereocenters. The first-order chi connectivity index (χ1) is 7.79. The van der Waals surface area contributed by atoms with Gasteiger partial charge < -0.3 is 21.5 Å². The molecule has 8 heteroatoms. The molecule has 0 bridgehead atoms. The molecule has 0 aromatic heterocycles. The van der Waals surface area contributed by atoms with Gasteiger partial charge in [-0.1, -0.05) is 0 Å². The maximum Gasteiger partial charge on any atom is 0.319 e. The summed E-state index contributed by atoms with van der Waals surface area (Å²) < 4.78 is 0. The number of aliphatic carboxylic acids is 1. The lowest BCUT2D eigenvalue weighted by atomic mass is 10.1. The van der Waals surface area contributed by atoms with Crippen LogP contribution in [0.15, 0.2) is 0 Å². The topological polar surface area (TPSA) is 144 Å². The van der Waals surface area contributed by atoms with Crippen LogP contribution in [-0.2, 0) is 19.2 Å². The summed E-state index contributed by atoms with van der Waals surface area (Å²) in [6.45, 7) is -1.03. The molecule has 0 spiro atoms. The second-order valence-corrected chi connectivity index (χ2v) is 3.98. The Hall–Kier alpha value is -2.12. The summed E-state index contributed by atoms with van der Waals surface area (Å²) in [5.41, 5.74) is 8.32. The van der Waals surface area contributed by atoms with Crippen molar-refractivity contribution < 1.29 is 24.3 Å². The van der Waals surface area contributed by atoms with Gasteiger partial charge in [0, 0.05) is 0 Å². The van der Waals surface area contributed by atoms with Crippen LogP contribution in [0.2, 0.25) is 0 Å². The number of hydrogen-bond donors (Lipinski definition) is 3. The van der Waals surface area contributed by atoms with Gasteiger partial charge >= 0.3 is 5.97 Å². The Kier molecular flexibility index (Phi) is 3.35. The van der Waals surface area contributed by atoms with Crippen molar-refractivity contribution in [2.75, 3.05) is 13.1 Å². The van der Waals surface area contributed by atoms with Crippen molar-refractivity contribution in [2.24, 2.45) is 16.9 Å². The van der Waals surface area contributed by atoms with Crippen LogP contribution in [0.25, 0.3) is 0 Å². The van der Waals surface area contributed by atoms with E-state index in [1.54, 1.807) is 0 Å². The van der Waals surface area contributed by atoms with Crippen molar-refractivity contribution in [1.29, 1.82) is 0 Å². The second-order valence-electron chi connectivity index (χ2n) is 3.98. The summed E-state index contributed by atoms with van der Waals surface area (Å²) in [5.74, 6) is -3.72. The molecule has 94 valence electrons. The van der Waals surface area contributed by atoms with Gasteiger partial charge in [-0.15, -0.1) is 0 Å². The molecule has 0 atom stereocenters. The highest BCUT2D eigenvalue weighted by atomic mass is 16.4. The molecule has 1 saturated carbocycles. The molecule has 5 N–H and O–H groups in total. The van der Waals surface area contributed by atoms with Crippen LogP contribution >= 0.6 is 0 Å². The van der Waals surface area contributed by atoms with E-state index in [9.17, 15) is 19.2 Å². The number of carbonyl (C=O) groups excluding carboxylic acids is 3. The Balaban J connectivity index is 2.83. The third-order valence-corrected chi connectivity index (χ3v) is 2.55. The Morgan fingerprint density at radius 1 is 1.06 bits per heavy atom. The van der Waals surface area contributed by atoms with Crippen molar-refractivity contribution in [3.63, 3.8) is 0 Å². The van der Waals surface area contributed by atoms with E-state index in [0.717, 1.165) is 4.90 Å². The van der Waals surface area contributed by atoms with Gasteiger partial charge in [-0.05, 0) is 12.8 Å². The Morgan fingerprint density at radius 3 is 1.71 bits per heavy atom. The molecule has 17 heavy (non-hydrogen) atoms. The third kappa shape index (κ3) is 2.71. The number of nitrogens with zero attached hydrogens (tertiary/aromatic N) is 1. The molecule has 0 saturated heterocycles. The van der Waals surface area contributed by atoms with Gasteiger partial charge in [-0.2, -0.15) is 0 Å². The summed E-state index contributed by atoms with van der Waals surface area (Å²) in [4.78, 5) is 45.1. The average Bonchev–Trinajstić information content (AvgIpc) is 2.94. The van der Waals surface area contributed by atoms with E-state index in [2.05, 4.69) is 0 Å². The molecule has 0 aromatic carbocycles. The van der Waals surface area contributed by atoms with E-state index in [-0.39, 0.29) is 12.8 Å². The van der Waals surface area contributed by atoms with Gasteiger partial charge in [0.15, 0.2) is 0 Å². The van der Waals surface area contributed by atoms with Gasteiger partial charge in [0.1, 0.15) is 5.41 Å². The summed E-state index contributed by atoms with van der Waals surface area (Å²) in [6.07, 6.45) is 0.379. The SMILES string of the molecule is NC(=O)CN(CC(N)=O)C(=O)C1(C(=O)O)CC1. The van der Waals surface area contributed by atoms with Gasteiger partial charge in [-0.25, -0.2) is 0 Å². The molecule has 3 amide bonds. The minimum Gasteiger partial charge on any atom is -0.480 e. The van der Waals surface area contributed by atoms with Crippen molar-refractivity contribution in [3.05, 3.63) is 0 Å². The minimum atomic E-state index is -1.51. The maximum absolute atomic E-state index is 11.9. The highest BCUT2D eigenvalue weighted by molar-refractivity contribution is 6.06. The lowest BCUT2D eigenvalue weighted by Crippen LogP contribution is -2.48. The molecule has 0 heterocycles. The number of nitrogens with two attached hydrogens (primary N) is 2. The lowest BCUT2D eigenvalue weighted by Gasteiger charge is -2.22. The fourth-order valence-electron chi connectivity index (χ4n) is 1.52. The number of hydrogen-bond acceptors (Lipinski definition) is 4. The molecule has 0 aromatic rings. The maximum atomic E-state index is 11.9.